The van der Waals surface area contributed by atoms with Gasteiger partial charge in [-0.15, -0.1) is 0 Å². The molecule has 1 N–H and O–H groups in total. The van der Waals surface area contributed by atoms with Crippen LogP contribution in [-0.4, -0.2) is 25.5 Å². The van der Waals surface area contributed by atoms with Crippen LogP contribution in [0.15, 0.2) is 71.3 Å². The van der Waals surface area contributed by atoms with E-state index in [-0.39, 0.29) is 18.2 Å². The summed E-state index contributed by atoms with van der Waals surface area (Å²) in [5.74, 6) is 0.545. The molecule has 2 unspecified atom stereocenters. The van der Waals surface area contributed by atoms with Gasteiger partial charge in [0.2, 0.25) is 11.8 Å². The number of carbonyl (C=O) groups excluding carboxylic acids is 2. The maximum absolute atomic E-state index is 13.1. The second kappa shape index (κ2) is 8.45. The molecule has 0 radical (unpaired) electrons. The van der Waals surface area contributed by atoms with E-state index >= 15 is 0 Å². The summed E-state index contributed by atoms with van der Waals surface area (Å²) in [4.78, 5) is 27.5. The monoisotopic (exact) mass is 404 g/mol. The minimum absolute atomic E-state index is 0.0895. The van der Waals surface area contributed by atoms with Crippen molar-refractivity contribution in [3.63, 3.8) is 0 Å². The fourth-order valence-corrected chi connectivity index (χ4v) is 3.81. The molecule has 3 aromatic rings. The summed E-state index contributed by atoms with van der Waals surface area (Å²) >= 11 is 0. The standard InChI is InChI=1S/C24H24N2O4/c1-16-10-11-20(29-2)19(13-16)26-15-18(14-22(26)27)24(28)25-23(21-9-6-12-30-21)17-7-4-3-5-8-17/h3-13,18,23H,14-15H2,1-2H3,(H,25,28). The van der Waals surface area contributed by atoms with Crippen LogP contribution >= 0.6 is 0 Å². The molecule has 6 heteroatoms. The van der Waals surface area contributed by atoms with Gasteiger partial charge in [0.05, 0.1) is 25.0 Å². The number of anilines is 1. The first-order chi connectivity index (χ1) is 14.6. The first-order valence-electron chi connectivity index (χ1n) is 9.90. The van der Waals surface area contributed by atoms with Gasteiger partial charge in [0.15, 0.2) is 0 Å². The summed E-state index contributed by atoms with van der Waals surface area (Å²) in [6, 6.07) is 18.5. The summed E-state index contributed by atoms with van der Waals surface area (Å²) in [5, 5.41) is 3.07. The Morgan fingerprint density at radius 3 is 2.67 bits per heavy atom. The zero-order chi connectivity index (χ0) is 21.1. The summed E-state index contributed by atoms with van der Waals surface area (Å²) in [7, 11) is 1.58. The predicted octanol–water partition coefficient (Wildman–Crippen LogP) is 3.86. The SMILES string of the molecule is COc1ccc(C)cc1N1CC(C(=O)NC(c2ccccc2)c2ccco2)CC1=O. The Hall–Kier alpha value is -3.54. The third-order valence-corrected chi connectivity index (χ3v) is 5.37. The molecule has 6 nitrogen and oxygen atoms in total. The number of nitrogens with zero attached hydrogens (tertiary/aromatic N) is 1. The van der Waals surface area contributed by atoms with Crippen LogP contribution in [0.5, 0.6) is 5.75 Å². The van der Waals surface area contributed by atoms with E-state index in [0.717, 1.165) is 11.1 Å². The Labute approximate surface area is 175 Å². The number of hydrogen-bond acceptors (Lipinski definition) is 4. The molecule has 1 aliphatic rings. The molecule has 0 saturated carbocycles. The number of nitrogens with one attached hydrogen (secondary N) is 1. The third-order valence-electron chi connectivity index (χ3n) is 5.37. The van der Waals surface area contributed by atoms with Crippen molar-refractivity contribution in [3.8, 4) is 5.75 Å². The van der Waals surface area contributed by atoms with Crippen molar-refractivity contribution >= 4 is 17.5 Å². The smallest absolute Gasteiger partial charge is 0.227 e. The quantitative estimate of drug-likeness (QED) is 0.677. The van der Waals surface area contributed by atoms with Crippen LogP contribution in [0.4, 0.5) is 5.69 Å². The fraction of sp³-hybridized carbons (Fsp3) is 0.250. The highest BCUT2D eigenvalue weighted by atomic mass is 16.5. The number of aryl methyl sites for hydroxylation is 1. The average Bonchev–Trinajstić information content (AvgIpc) is 3.42. The van der Waals surface area contributed by atoms with E-state index in [2.05, 4.69) is 5.32 Å². The fourth-order valence-electron chi connectivity index (χ4n) is 3.81. The highest BCUT2D eigenvalue weighted by molar-refractivity contribution is 6.01. The van der Waals surface area contributed by atoms with E-state index in [9.17, 15) is 9.59 Å². The number of methoxy groups -OCH3 is 1. The number of ether oxygens (including phenoxy) is 1. The summed E-state index contributed by atoms with van der Waals surface area (Å²) in [6.45, 7) is 2.27. The van der Waals surface area contributed by atoms with Gasteiger partial charge in [-0.3, -0.25) is 9.59 Å². The van der Waals surface area contributed by atoms with E-state index in [1.165, 1.54) is 0 Å². The topological polar surface area (TPSA) is 71.8 Å². The first-order valence-corrected chi connectivity index (χ1v) is 9.90. The largest absolute Gasteiger partial charge is 0.495 e. The maximum Gasteiger partial charge on any atom is 0.227 e. The predicted molar refractivity (Wildman–Crippen MR) is 113 cm³/mol. The van der Waals surface area contributed by atoms with Crippen molar-refractivity contribution in [3.05, 3.63) is 83.8 Å². The van der Waals surface area contributed by atoms with Gasteiger partial charge < -0.3 is 19.4 Å². The number of benzene rings is 2. The molecular formula is C24H24N2O4. The zero-order valence-electron chi connectivity index (χ0n) is 17.0. The molecular weight excluding hydrogens is 380 g/mol. The number of furan rings is 1. The van der Waals surface area contributed by atoms with Gasteiger partial charge in [-0.2, -0.15) is 0 Å². The van der Waals surface area contributed by atoms with E-state index in [1.54, 1.807) is 24.3 Å². The highest BCUT2D eigenvalue weighted by Gasteiger charge is 2.37. The molecule has 1 saturated heterocycles. The number of hydrogen-bond donors (Lipinski definition) is 1. The Kier molecular flexibility index (Phi) is 5.57. The molecule has 2 amide bonds. The van der Waals surface area contributed by atoms with Gasteiger partial charge >= 0.3 is 0 Å². The van der Waals surface area contributed by atoms with E-state index in [4.69, 9.17) is 9.15 Å². The Bertz CT molecular complexity index is 1030. The van der Waals surface area contributed by atoms with Crippen molar-refractivity contribution in [1.29, 1.82) is 0 Å². The van der Waals surface area contributed by atoms with Gasteiger partial charge in [0, 0.05) is 13.0 Å². The summed E-state index contributed by atoms with van der Waals surface area (Å²) < 4.78 is 11.0. The Morgan fingerprint density at radius 2 is 1.97 bits per heavy atom. The molecule has 2 aromatic carbocycles. The lowest BCUT2D eigenvalue weighted by molar-refractivity contribution is -0.126. The van der Waals surface area contributed by atoms with Crippen molar-refractivity contribution in [1.82, 2.24) is 5.32 Å². The highest BCUT2D eigenvalue weighted by Crippen LogP contribution is 2.34. The molecule has 30 heavy (non-hydrogen) atoms. The van der Waals surface area contributed by atoms with Crippen LogP contribution in [0, 0.1) is 12.8 Å². The van der Waals surface area contributed by atoms with Crippen LogP contribution in [0.2, 0.25) is 0 Å². The summed E-state index contributed by atoms with van der Waals surface area (Å²) in [5.41, 5.74) is 2.64. The normalized spacial score (nSPS) is 17.1. The molecule has 2 heterocycles. The van der Waals surface area contributed by atoms with Gasteiger partial charge in [0.1, 0.15) is 17.6 Å². The average molecular weight is 404 g/mol. The molecule has 2 atom stereocenters. The van der Waals surface area contributed by atoms with Gasteiger partial charge in [-0.25, -0.2) is 0 Å². The van der Waals surface area contributed by atoms with Gasteiger partial charge in [-0.05, 0) is 42.3 Å². The Balaban J connectivity index is 1.54. The van der Waals surface area contributed by atoms with Crippen LogP contribution in [-0.2, 0) is 9.59 Å². The molecule has 1 aliphatic heterocycles. The molecule has 0 spiro atoms. The molecule has 1 fully saturated rings. The lowest BCUT2D eigenvalue weighted by atomic mass is 10.0. The van der Waals surface area contributed by atoms with E-state index in [1.807, 2.05) is 61.5 Å². The molecule has 4 rings (SSSR count). The molecule has 1 aromatic heterocycles. The number of rotatable bonds is 6. The number of amides is 2. The van der Waals surface area contributed by atoms with Crippen LogP contribution < -0.4 is 15.0 Å². The number of carbonyl (C=O) groups is 2. The van der Waals surface area contributed by atoms with Crippen LogP contribution in [0.25, 0.3) is 0 Å². The van der Waals surface area contributed by atoms with Crippen LogP contribution in [0.1, 0.15) is 29.3 Å². The summed E-state index contributed by atoms with van der Waals surface area (Å²) in [6.07, 6.45) is 1.74. The first kappa shape index (κ1) is 19.8. The molecule has 0 aliphatic carbocycles. The molecule has 154 valence electrons. The minimum atomic E-state index is -0.455. The second-order valence-corrected chi connectivity index (χ2v) is 7.45. The van der Waals surface area contributed by atoms with Gasteiger partial charge in [0.25, 0.3) is 0 Å². The van der Waals surface area contributed by atoms with Crippen molar-refractivity contribution in [2.45, 2.75) is 19.4 Å². The van der Waals surface area contributed by atoms with E-state index in [0.29, 0.717) is 23.7 Å². The lowest BCUT2D eigenvalue weighted by Gasteiger charge is -2.21. The second-order valence-electron chi connectivity index (χ2n) is 7.45. The van der Waals surface area contributed by atoms with E-state index < -0.39 is 12.0 Å². The third kappa shape index (κ3) is 3.94. The van der Waals surface area contributed by atoms with Crippen molar-refractivity contribution in [2.75, 3.05) is 18.6 Å². The van der Waals surface area contributed by atoms with Crippen molar-refractivity contribution < 1.29 is 18.7 Å². The van der Waals surface area contributed by atoms with Gasteiger partial charge in [-0.1, -0.05) is 36.4 Å². The van der Waals surface area contributed by atoms with Crippen LogP contribution in [0.3, 0.4) is 0 Å². The Morgan fingerprint density at radius 1 is 1.17 bits per heavy atom. The minimum Gasteiger partial charge on any atom is -0.495 e. The molecule has 0 bridgehead atoms. The maximum atomic E-state index is 13.1. The zero-order valence-corrected chi connectivity index (χ0v) is 17.0. The van der Waals surface area contributed by atoms with Crippen molar-refractivity contribution in [2.24, 2.45) is 5.92 Å². The lowest BCUT2D eigenvalue weighted by Crippen LogP contribution is -2.36.